The molecule has 0 saturated carbocycles. The molecule has 1 aliphatic heterocycles. The van der Waals surface area contributed by atoms with Crippen molar-refractivity contribution in [2.45, 2.75) is 44.3 Å². The van der Waals surface area contributed by atoms with E-state index in [9.17, 15) is 44.3 Å². The van der Waals surface area contributed by atoms with E-state index in [-0.39, 0.29) is 22.5 Å². The summed E-state index contributed by atoms with van der Waals surface area (Å²) in [5.74, 6) is -1.87. The van der Waals surface area contributed by atoms with Crippen LogP contribution in [0.1, 0.15) is 36.7 Å². The molecule has 0 radical (unpaired) electrons. The first-order chi connectivity index (χ1) is 19.3. The number of nitrogens with one attached hydrogen (secondary N) is 1. The molecular weight excluding hydrogens is 585 g/mol. The molecule has 1 aliphatic rings. The molecule has 1 unspecified atom stereocenters. The van der Waals surface area contributed by atoms with E-state index in [1.807, 2.05) is 0 Å². The second-order valence-electron chi connectivity index (χ2n) is 9.54. The minimum atomic E-state index is -5.00. The zero-order valence-corrected chi connectivity index (χ0v) is 21.5. The van der Waals surface area contributed by atoms with Crippen LogP contribution in [-0.2, 0) is 16.5 Å². The van der Waals surface area contributed by atoms with Crippen LogP contribution in [0.25, 0.3) is 0 Å². The zero-order valence-electron chi connectivity index (χ0n) is 21.5. The Kier molecular flexibility index (Phi) is 7.82. The third-order valence-corrected chi connectivity index (χ3v) is 6.06. The number of rotatable bonds is 7. The summed E-state index contributed by atoms with van der Waals surface area (Å²) in [6.07, 6.45) is -12.3. The van der Waals surface area contributed by atoms with E-state index in [4.69, 9.17) is 0 Å². The van der Waals surface area contributed by atoms with Crippen LogP contribution in [0.5, 0.6) is 11.5 Å². The highest BCUT2D eigenvalue weighted by molar-refractivity contribution is 6.09. The number of ether oxygens (including phenoxy) is 2. The van der Waals surface area contributed by atoms with Crippen LogP contribution in [0.2, 0.25) is 0 Å². The average molecular weight is 605 g/mol. The Morgan fingerprint density at radius 2 is 1.43 bits per heavy atom. The molecule has 0 bridgehead atoms. The van der Waals surface area contributed by atoms with Crippen LogP contribution in [-0.4, -0.2) is 23.6 Å². The van der Waals surface area contributed by atoms with Crippen LogP contribution < -0.4 is 19.7 Å². The molecule has 0 spiro atoms. The smallest absolute Gasteiger partial charge is 0.406 e. The van der Waals surface area contributed by atoms with E-state index in [1.165, 1.54) is 24.3 Å². The zero-order chi connectivity index (χ0) is 31.1. The first-order valence-corrected chi connectivity index (χ1v) is 11.9. The largest absolute Gasteiger partial charge is 0.573 e. The van der Waals surface area contributed by atoms with Crippen LogP contribution in [0.4, 0.5) is 45.2 Å². The van der Waals surface area contributed by atoms with E-state index < -0.39 is 53.6 Å². The Morgan fingerprint density at radius 3 is 1.98 bits per heavy atom. The summed E-state index contributed by atoms with van der Waals surface area (Å²) in [7, 11) is 0. The minimum Gasteiger partial charge on any atom is -0.406 e. The quantitative estimate of drug-likeness (QED) is 0.285. The number of pyridine rings is 1. The molecule has 0 aliphatic carbocycles. The minimum absolute atomic E-state index is 0.0729. The van der Waals surface area contributed by atoms with E-state index >= 15 is 0 Å². The molecule has 4 rings (SSSR count). The fraction of sp³-hybridized carbons (Fsp3) is 0.259. The maximum Gasteiger partial charge on any atom is 0.573 e. The highest BCUT2D eigenvalue weighted by Gasteiger charge is 2.39. The summed E-state index contributed by atoms with van der Waals surface area (Å²) in [6.45, 7) is 3.12. The van der Waals surface area contributed by atoms with Gasteiger partial charge in [-0.2, -0.15) is 13.2 Å². The van der Waals surface area contributed by atoms with Gasteiger partial charge in [-0.1, -0.05) is 18.2 Å². The molecule has 2 aromatic carbocycles. The topological polar surface area (TPSA) is 63.7 Å². The summed E-state index contributed by atoms with van der Waals surface area (Å²) in [5, 5.41) is 2.94. The first kappa shape index (κ1) is 30.5. The number of benzene rings is 2. The number of amides is 1. The first-order valence-electron chi connectivity index (χ1n) is 11.9. The van der Waals surface area contributed by atoms with Crippen molar-refractivity contribution in [2.24, 2.45) is 0 Å². The maximum atomic E-state index is 13.6. The van der Waals surface area contributed by atoms with Crippen molar-refractivity contribution in [3.05, 3.63) is 95.5 Å². The molecule has 42 heavy (non-hydrogen) atoms. The van der Waals surface area contributed by atoms with Crippen molar-refractivity contribution >= 4 is 11.6 Å². The van der Waals surface area contributed by atoms with Gasteiger partial charge in [0.1, 0.15) is 17.2 Å². The lowest BCUT2D eigenvalue weighted by atomic mass is 9.95. The van der Waals surface area contributed by atoms with Crippen molar-refractivity contribution in [3.63, 3.8) is 0 Å². The Hall–Kier alpha value is -4.43. The Balaban J connectivity index is 1.70. The van der Waals surface area contributed by atoms with Crippen LogP contribution in [0.3, 0.4) is 0 Å². The highest BCUT2D eigenvalue weighted by atomic mass is 19.4. The van der Waals surface area contributed by atoms with Crippen molar-refractivity contribution in [2.75, 3.05) is 4.90 Å². The average Bonchev–Trinajstić information content (AvgIpc) is 3.17. The van der Waals surface area contributed by atoms with Gasteiger partial charge in [0, 0.05) is 11.9 Å². The van der Waals surface area contributed by atoms with Gasteiger partial charge >= 0.3 is 18.9 Å². The molecule has 1 amide bonds. The lowest BCUT2D eigenvalue weighted by molar-refractivity contribution is -0.275. The predicted octanol–water partition coefficient (Wildman–Crippen LogP) is 7.39. The molecule has 6 nitrogen and oxygen atoms in total. The van der Waals surface area contributed by atoms with Gasteiger partial charge in [-0.15, -0.1) is 26.3 Å². The highest BCUT2D eigenvalue weighted by Crippen LogP contribution is 2.39. The van der Waals surface area contributed by atoms with Gasteiger partial charge in [0.25, 0.3) is 5.91 Å². The van der Waals surface area contributed by atoms with Gasteiger partial charge in [-0.3, -0.25) is 14.7 Å². The number of carbonyl (C=O) groups excluding carboxylic acids is 1. The van der Waals surface area contributed by atoms with Gasteiger partial charge in [0.05, 0.1) is 17.3 Å². The molecule has 1 N–H and O–H groups in total. The van der Waals surface area contributed by atoms with Gasteiger partial charge in [0.15, 0.2) is 0 Å². The van der Waals surface area contributed by atoms with Gasteiger partial charge in [-0.05, 0) is 73.5 Å². The van der Waals surface area contributed by atoms with E-state index in [2.05, 4.69) is 19.8 Å². The van der Waals surface area contributed by atoms with Crippen molar-refractivity contribution in [1.29, 1.82) is 0 Å². The number of aromatic nitrogens is 1. The summed E-state index contributed by atoms with van der Waals surface area (Å²) in [4.78, 5) is 18.2. The Bertz CT molecular complexity index is 1460. The third kappa shape index (κ3) is 7.25. The summed E-state index contributed by atoms with van der Waals surface area (Å²) < 4.78 is 123. The Morgan fingerprint density at radius 1 is 0.810 bits per heavy atom. The fourth-order valence-electron chi connectivity index (χ4n) is 4.22. The van der Waals surface area contributed by atoms with Gasteiger partial charge < -0.3 is 14.8 Å². The third-order valence-electron chi connectivity index (χ3n) is 6.06. The molecule has 1 atom stereocenters. The maximum absolute atomic E-state index is 13.6. The summed E-state index contributed by atoms with van der Waals surface area (Å²) in [6, 6.07) is 9.88. The molecule has 0 saturated heterocycles. The second-order valence-corrected chi connectivity index (χ2v) is 9.54. The number of hydrogen-bond acceptors (Lipinski definition) is 5. The molecule has 224 valence electrons. The van der Waals surface area contributed by atoms with Gasteiger partial charge in [-0.25, -0.2) is 0 Å². The molecule has 1 aromatic heterocycles. The van der Waals surface area contributed by atoms with Crippen molar-refractivity contribution < 1.29 is 53.8 Å². The molecule has 2 heterocycles. The van der Waals surface area contributed by atoms with Crippen molar-refractivity contribution in [3.8, 4) is 11.5 Å². The second kappa shape index (κ2) is 10.8. The van der Waals surface area contributed by atoms with Crippen LogP contribution in [0.15, 0.2) is 78.6 Å². The molecule has 0 fully saturated rings. The summed E-state index contributed by atoms with van der Waals surface area (Å²) >= 11 is 0. The Labute approximate surface area is 232 Å². The monoisotopic (exact) mass is 605 g/mol. The lowest BCUT2D eigenvalue weighted by Crippen LogP contribution is -2.40. The standard InChI is InChI=1S/C27H20F9N3O3/c1-24(2,16-6-11-22(37-14-16)25(28,29)30)38-20-13-21(15-4-3-5-19(12-15)42-27(34,35)36)39(23(20)40)17-7-9-18(10-8-17)41-26(31,32)33/h3-14,21,38H,1-2H3. The van der Waals surface area contributed by atoms with Gasteiger partial charge in [0.2, 0.25) is 0 Å². The van der Waals surface area contributed by atoms with Crippen molar-refractivity contribution in [1.82, 2.24) is 10.3 Å². The van der Waals surface area contributed by atoms with E-state index in [0.717, 1.165) is 53.6 Å². The molecule has 3 aromatic rings. The van der Waals surface area contributed by atoms with Crippen LogP contribution in [0, 0.1) is 0 Å². The predicted molar refractivity (Wildman–Crippen MR) is 130 cm³/mol. The number of hydrogen-bond donors (Lipinski definition) is 1. The number of halogens is 9. The lowest BCUT2D eigenvalue weighted by Gasteiger charge is -2.29. The normalized spacial score (nSPS) is 16.4. The number of anilines is 1. The van der Waals surface area contributed by atoms with E-state index in [1.54, 1.807) is 13.8 Å². The fourth-order valence-corrected chi connectivity index (χ4v) is 4.22. The number of carbonyl (C=O) groups is 1. The molecule has 15 heteroatoms. The summed E-state index contributed by atoms with van der Waals surface area (Å²) in [5.41, 5.74) is -1.88. The SMILES string of the molecule is CC(C)(NC1=CC(c2cccc(OC(F)(F)F)c2)N(c2ccc(OC(F)(F)F)cc2)C1=O)c1ccc(C(F)(F)F)nc1. The number of nitrogens with zero attached hydrogens (tertiary/aromatic N) is 2. The van der Waals surface area contributed by atoms with E-state index in [0.29, 0.717) is 0 Å². The molecular formula is C27H20F9N3O3. The number of alkyl halides is 9. The van der Waals surface area contributed by atoms with Crippen LogP contribution >= 0.6 is 0 Å².